The number of aryl methyl sites for hydroxylation is 1. The highest BCUT2D eigenvalue weighted by molar-refractivity contribution is 5.96. The number of hydrogen-bond donors (Lipinski definition) is 3. The first-order valence-corrected chi connectivity index (χ1v) is 7.45. The number of rotatable bonds is 2. The number of pyridine rings is 1. The molecule has 1 amide bonds. The first-order valence-electron chi connectivity index (χ1n) is 7.45. The molecule has 0 bridgehead atoms. The van der Waals surface area contributed by atoms with Crippen molar-refractivity contribution in [3.8, 4) is 0 Å². The fourth-order valence-electron chi connectivity index (χ4n) is 2.70. The van der Waals surface area contributed by atoms with Crippen LogP contribution in [-0.2, 0) is 11.8 Å². The highest BCUT2D eigenvalue weighted by Crippen LogP contribution is 2.20. The van der Waals surface area contributed by atoms with E-state index in [-0.39, 0.29) is 31.4 Å². The summed E-state index contributed by atoms with van der Waals surface area (Å²) in [5.74, 6) is -0.298. The van der Waals surface area contributed by atoms with Gasteiger partial charge in [-0.1, -0.05) is 0 Å². The maximum Gasteiger partial charge on any atom is 0.290 e. The van der Waals surface area contributed by atoms with Crippen molar-refractivity contribution in [3.63, 3.8) is 0 Å². The molecule has 2 atom stereocenters. The monoisotopic (exact) mass is 336 g/mol. The molecule has 0 spiro atoms. The van der Waals surface area contributed by atoms with Crippen molar-refractivity contribution >= 4 is 23.4 Å². The third kappa shape index (κ3) is 3.69. The molecule has 24 heavy (non-hydrogen) atoms. The zero-order chi connectivity index (χ0) is 17.7. The fraction of sp³-hybridized carbons (Fsp3) is 0.467. The number of carbonyl (C=O) groups is 2. The number of amides is 1. The minimum Gasteiger partial charge on any atom is -0.483 e. The molecule has 1 saturated heterocycles. The van der Waals surface area contributed by atoms with Gasteiger partial charge in [0.1, 0.15) is 5.52 Å². The maximum atomic E-state index is 12.5. The van der Waals surface area contributed by atoms with Gasteiger partial charge in [-0.25, -0.2) is 0 Å². The lowest BCUT2D eigenvalue weighted by Crippen LogP contribution is -2.47. The smallest absolute Gasteiger partial charge is 0.290 e. The largest absolute Gasteiger partial charge is 0.483 e. The second-order valence-electron chi connectivity index (χ2n) is 5.55. The van der Waals surface area contributed by atoms with Gasteiger partial charge in [-0.15, -0.1) is 0 Å². The molecule has 2 aromatic rings. The summed E-state index contributed by atoms with van der Waals surface area (Å²) in [4.78, 5) is 26.7. The molecule has 3 heterocycles. The van der Waals surface area contributed by atoms with Crippen LogP contribution in [0.15, 0.2) is 18.5 Å². The summed E-state index contributed by atoms with van der Waals surface area (Å²) >= 11 is 0. The van der Waals surface area contributed by atoms with Crippen molar-refractivity contribution in [2.75, 3.05) is 19.7 Å². The first-order chi connectivity index (χ1) is 11.5. The van der Waals surface area contributed by atoms with Crippen LogP contribution in [0.2, 0.25) is 0 Å². The molecule has 2 aromatic heterocycles. The van der Waals surface area contributed by atoms with Crippen molar-refractivity contribution in [1.82, 2.24) is 19.7 Å². The van der Waals surface area contributed by atoms with E-state index in [9.17, 15) is 9.90 Å². The number of aromatic nitrogens is 3. The Kier molecular flexibility index (Phi) is 5.83. The zero-order valence-corrected chi connectivity index (χ0v) is 13.2. The van der Waals surface area contributed by atoms with E-state index in [1.807, 2.05) is 0 Å². The quantitative estimate of drug-likeness (QED) is 0.630. The van der Waals surface area contributed by atoms with E-state index < -0.39 is 6.10 Å². The summed E-state index contributed by atoms with van der Waals surface area (Å²) in [5.41, 5.74) is 2.03. The lowest BCUT2D eigenvalue weighted by molar-refractivity contribution is -0.122. The lowest BCUT2D eigenvalue weighted by atomic mass is 9.94. The molecule has 9 heteroatoms. The van der Waals surface area contributed by atoms with E-state index >= 15 is 0 Å². The van der Waals surface area contributed by atoms with Gasteiger partial charge in [0.05, 0.1) is 23.4 Å². The second-order valence-corrected chi connectivity index (χ2v) is 5.55. The summed E-state index contributed by atoms with van der Waals surface area (Å²) in [6.07, 6.45) is 3.11. The van der Waals surface area contributed by atoms with Crippen LogP contribution in [0.3, 0.4) is 0 Å². The van der Waals surface area contributed by atoms with Gasteiger partial charge in [0.25, 0.3) is 12.4 Å². The van der Waals surface area contributed by atoms with Crippen LogP contribution >= 0.6 is 0 Å². The Balaban J connectivity index is 0.000000647. The number of piperidine rings is 1. The SMILES string of the molecule is Cn1ncc2ncc(C(=O)N3CC[C@H](CO)[C@H](O)C3)cc21.O=CO. The number of carboxylic acid groups (broad SMARTS) is 1. The highest BCUT2D eigenvalue weighted by Gasteiger charge is 2.30. The van der Waals surface area contributed by atoms with Crippen molar-refractivity contribution in [3.05, 3.63) is 24.0 Å². The minimum absolute atomic E-state index is 0.0499. The van der Waals surface area contributed by atoms with E-state index in [4.69, 9.17) is 15.0 Å². The number of hydrogen-bond acceptors (Lipinski definition) is 6. The molecule has 0 radical (unpaired) electrons. The van der Waals surface area contributed by atoms with Crippen molar-refractivity contribution in [1.29, 1.82) is 0 Å². The minimum atomic E-state index is -0.680. The molecular formula is C15H20N4O5. The topological polar surface area (TPSA) is 129 Å². The van der Waals surface area contributed by atoms with Crippen LogP contribution in [0, 0.1) is 5.92 Å². The predicted molar refractivity (Wildman–Crippen MR) is 84.3 cm³/mol. The second kappa shape index (κ2) is 7.84. The van der Waals surface area contributed by atoms with Gasteiger partial charge in [0.15, 0.2) is 0 Å². The van der Waals surface area contributed by atoms with Crippen molar-refractivity contribution < 1.29 is 24.9 Å². The van der Waals surface area contributed by atoms with Crippen molar-refractivity contribution in [2.45, 2.75) is 12.5 Å². The zero-order valence-electron chi connectivity index (χ0n) is 13.2. The van der Waals surface area contributed by atoms with Gasteiger partial charge in [-0.2, -0.15) is 5.10 Å². The van der Waals surface area contributed by atoms with E-state index in [0.717, 1.165) is 11.0 Å². The normalized spacial score (nSPS) is 20.4. The number of likely N-dealkylation sites (tertiary alicyclic amines) is 1. The molecule has 1 fully saturated rings. The lowest BCUT2D eigenvalue weighted by Gasteiger charge is -2.35. The Labute approximate surface area is 138 Å². The summed E-state index contributed by atoms with van der Waals surface area (Å²) in [7, 11) is 1.80. The van der Waals surface area contributed by atoms with Gasteiger partial charge in [-0.05, 0) is 12.5 Å². The molecule has 1 aliphatic heterocycles. The summed E-state index contributed by atoms with van der Waals surface area (Å²) in [6.45, 7) is 0.476. The Hall–Kier alpha value is -2.52. The van der Waals surface area contributed by atoms with Gasteiger partial charge in [0.2, 0.25) is 0 Å². The van der Waals surface area contributed by atoms with Crippen molar-refractivity contribution in [2.24, 2.45) is 13.0 Å². The standard InChI is InChI=1S/C14H18N4O3.CH2O2/c1-17-12-4-10(5-15-11(12)6-16-17)14(21)18-3-2-9(8-19)13(20)7-18;2-1-3/h4-6,9,13,19-20H,2-3,7-8H2,1H3;1H,(H,2,3)/t9-,13-;/m1./s1. The molecule has 1 aliphatic rings. The van der Waals surface area contributed by atoms with Crippen LogP contribution in [0.25, 0.3) is 11.0 Å². The van der Waals surface area contributed by atoms with E-state index in [1.165, 1.54) is 6.20 Å². The Morgan fingerprint density at radius 1 is 1.46 bits per heavy atom. The highest BCUT2D eigenvalue weighted by atomic mass is 16.3. The van der Waals surface area contributed by atoms with Gasteiger partial charge < -0.3 is 20.2 Å². The van der Waals surface area contributed by atoms with E-state index in [0.29, 0.717) is 18.5 Å². The molecule has 0 aliphatic carbocycles. The number of nitrogens with zero attached hydrogens (tertiary/aromatic N) is 4. The fourth-order valence-corrected chi connectivity index (χ4v) is 2.70. The Morgan fingerprint density at radius 3 is 2.79 bits per heavy atom. The number of fused-ring (bicyclic) bond motifs is 1. The Morgan fingerprint density at radius 2 is 2.17 bits per heavy atom. The van der Waals surface area contributed by atoms with Crippen LogP contribution in [0.5, 0.6) is 0 Å². The van der Waals surface area contributed by atoms with Gasteiger partial charge >= 0.3 is 0 Å². The van der Waals surface area contributed by atoms with Crippen LogP contribution in [0.4, 0.5) is 0 Å². The average Bonchev–Trinajstić information content (AvgIpc) is 2.95. The predicted octanol–water partition coefficient (Wildman–Crippen LogP) is -0.516. The number of aliphatic hydroxyl groups excluding tert-OH is 2. The van der Waals surface area contributed by atoms with Gasteiger partial charge in [-0.3, -0.25) is 19.3 Å². The molecule has 130 valence electrons. The summed E-state index contributed by atoms with van der Waals surface area (Å²) < 4.78 is 1.67. The molecule has 0 saturated carbocycles. The molecule has 0 unspecified atom stereocenters. The van der Waals surface area contributed by atoms with Crippen LogP contribution in [0.1, 0.15) is 16.8 Å². The summed E-state index contributed by atoms with van der Waals surface area (Å²) in [5, 5.41) is 30.1. The number of carbonyl (C=O) groups excluding carboxylic acids is 1. The molecular weight excluding hydrogens is 316 g/mol. The molecule has 3 N–H and O–H groups in total. The van der Waals surface area contributed by atoms with Gasteiger partial charge in [0, 0.05) is 38.9 Å². The molecule has 0 aromatic carbocycles. The number of β-amino-alcohol motifs (C(OH)–C–C–N with tert-alkyl or cyclic N) is 1. The number of aliphatic hydroxyl groups is 2. The molecule has 3 rings (SSSR count). The molecule has 9 nitrogen and oxygen atoms in total. The third-order valence-electron chi connectivity index (χ3n) is 4.09. The Bertz CT molecular complexity index is 717. The van der Waals surface area contributed by atoms with Crippen LogP contribution in [-0.4, -0.2) is 73.2 Å². The maximum absolute atomic E-state index is 12.5. The summed E-state index contributed by atoms with van der Waals surface area (Å²) in [6, 6.07) is 1.77. The third-order valence-corrected chi connectivity index (χ3v) is 4.09. The average molecular weight is 336 g/mol. The first kappa shape index (κ1) is 17.8. The van der Waals surface area contributed by atoms with E-state index in [1.54, 1.807) is 28.9 Å². The van der Waals surface area contributed by atoms with Crippen LogP contribution < -0.4 is 0 Å². The van der Waals surface area contributed by atoms with E-state index in [2.05, 4.69) is 10.1 Å².